The first kappa shape index (κ1) is 18.8. The lowest BCUT2D eigenvalue weighted by atomic mass is 10.1. The normalized spacial score (nSPS) is 15.1. The Morgan fingerprint density at radius 3 is 2.62 bits per heavy atom. The van der Waals surface area contributed by atoms with E-state index in [0.29, 0.717) is 17.2 Å². The van der Waals surface area contributed by atoms with Crippen molar-refractivity contribution in [3.63, 3.8) is 0 Å². The predicted molar refractivity (Wildman–Crippen MR) is 106 cm³/mol. The van der Waals surface area contributed by atoms with Crippen molar-refractivity contribution in [2.75, 3.05) is 17.7 Å². The van der Waals surface area contributed by atoms with E-state index in [-0.39, 0.29) is 24.8 Å². The Balaban J connectivity index is 1.61. The lowest BCUT2D eigenvalue weighted by Gasteiger charge is -2.10. The highest BCUT2D eigenvalue weighted by atomic mass is 19.1. The van der Waals surface area contributed by atoms with Gasteiger partial charge in [-0.15, -0.1) is 0 Å². The standard InChI is InChI=1S/C21H19FN4O3/c1-29-12-16-19(13-5-3-2-4-6-13)20-24-21(28)17(26(20)25-16)11-18(27)23-15-9-7-14(22)8-10-15/h2-10,17H,11-12H2,1H3,(H,23,27)(H,24,28). The number of rotatable bonds is 6. The first-order valence-electron chi connectivity index (χ1n) is 9.09. The molecule has 0 radical (unpaired) electrons. The van der Waals surface area contributed by atoms with Crippen LogP contribution < -0.4 is 10.6 Å². The average molecular weight is 394 g/mol. The molecule has 0 fully saturated rings. The van der Waals surface area contributed by atoms with Gasteiger partial charge in [-0.05, 0) is 29.8 Å². The van der Waals surface area contributed by atoms with Gasteiger partial charge in [0.25, 0.3) is 5.91 Å². The lowest BCUT2D eigenvalue weighted by molar-refractivity contribution is -0.123. The van der Waals surface area contributed by atoms with Gasteiger partial charge in [0, 0.05) is 18.4 Å². The van der Waals surface area contributed by atoms with Gasteiger partial charge >= 0.3 is 0 Å². The number of benzene rings is 2. The van der Waals surface area contributed by atoms with Crippen LogP contribution in [0.4, 0.5) is 15.9 Å². The summed E-state index contributed by atoms with van der Waals surface area (Å²) in [5.74, 6) is -0.510. The molecule has 8 heteroatoms. The van der Waals surface area contributed by atoms with Crippen LogP contribution in [0, 0.1) is 5.82 Å². The van der Waals surface area contributed by atoms with Crippen LogP contribution in [0.25, 0.3) is 11.1 Å². The molecule has 2 heterocycles. The van der Waals surface area contributed by atoms with Crippen molar-refractivity contribution in [2.45, 2.75) is 19.1 Å². The second kappa shape index (κ2) is 7.84. The van der Waals surface area contributed by atoms with E-state index in [1.165, 1.54) is 24.3 Å². The van der Waals surface area contributed by atoms with Crippen molar-refractivity contribution in [1.29, 1.82) is 0 Å². The maximum absolute atomic E-state index is 13.0. The molecule has 3 aromatic rings. The van der Waals surface area contributed by atoms with Crippen molar-refractivity contribution >= 4 is 23.3 Å². The summed E-state index contributed by atoms with van der Waals surface area (Å²) in [5, 5.41) is 10.1. The van der Waals surface area contributed by atoms with Gasteiger partial charge in [-0.25, -0.2) is 9.07 Å². The molecule has 7 nitrogen and oxygen atoms in total. The number of aromatic nitrogens is 2. The van der Waals surface area contributed by atoms with Gasteiger partial charge < -0.3 is 15.4 Å². The number of carbonyl (C=O) groups is 2. The van der Waals surface area contributed by atoms with Gasteiger partial charge in [-0.1, -0.05) is 30.3 Å². The molecule has 148 valence electrons. The zero-order chi connectivity index (χ0) is 20.4. The van der Waals surface area contributed by atoms with Gasteiger partial charge in [0.2, 0.25) is 5.91 Å². The Morgan fingerprint density at radius 1 is 1.21 bits per heavy atom. The number of methoxy groups -OCH3 is 1. The van der Waals surface area contributed by atoms with Crippen LogP contribution in [-0.2, 0) is 20.9 Å². The van der Waals surface area contributed by atoms with E-state index in [9.17, 15) is 14.0 Å². The maximum Gasteiger partial charge on any atom is 0.251 e. The molecule has 0 spiro atoms. The first-order valence-corrected chi connectivity index (χ1v) is 9.09. The third-order valence-electron chi connectivity index (χ3n) is 4.67. The number of amides is 2. The third kappa shape index (κ3) is 3.74. The Bertz CT molecular complexity index is 1050. The molecule has 29 heavy (non-hydrogen) atoms. The van der Waals surface area contributed by atoms with Gasteiger partial charge in [-0.2, -0.15) is 5.10 Å². The first-order chi connectivity index (χ1) is 14.1. The van der Waals surface area contributed by atoms with Crippen LogP contribution in [0.15, 0.2) is 54.6 Å². The molecule has 4 rings (SSSR count). The second-order valence-corrected chi connectivity index (χ2v) is 6.68. The number of fused-ring (bicyclic) bond motifs is 1. The molecule has 1 aliphatic heterocycles. The highest BCUT2D eigenvalue weighted by Gasteiger charge is 2.37. The Hall–Kier alpha value is -3.52. The van der Waals surface area contributed by atoms with Gasteiger partial charge in [0.05, 0.1) is 18.7 Å². The highest BCUT2D eigenvalue weighted by molar-refractivity contribution is 6.04. The summed E-state index contributed by atoms with van der Waals surface area (Å²) in [6, 6.07) is 14.2. The fraction of sp³-hybridized carbons (Fsp3) is 0.190. The SMILES string of the molecule is COCc1nn2c(c1-c1ccccc1)NC(=O)C2CC(=O)Nc1ccc(F)cc1. The molecular formula is C21H19FN4O3. The molecule has 0 aliphatic carbocycles. The van der Waals surface area contributed by atoms with E-state index in [0.717, 1.165) is 11.1 Å². The minimum atomic E-state index is -0.779. The Kier molecular flexibility index (Phi) is 5.09. The van der Waals surface area contributed by atoms with Crippen molar-refractivity contribution in [1.82, 2.24) is 9.78 Å². The quantitative estimate of drug-likeness (QED) is 0.671. The second-order valence-electron chi connectivity index (χ2n) is 6.68. The monoisotopic (exact) mass is 394 g/mol. The van der Waals surface area contributed by atoms with E-state index in [1.807, 2.05) is 30.3 Å². The van der Waals surface area contributed by atoms with Crippen molar-refractivity contribution in [2.24, 2.45) is 0 Å². The van der Waals surface area contributed by atoms with Crippen LogP contribution >= 0.6 is 0 Å². The molecule has 1 aromatic heterocycles. The van der Waals surface area contributed by atoms with Crippen LogP contribution in [-0.4, -0.2) is 28.7 Å². The third-order valence-corrected chi connectivity index (χ3v) is 4.67. The van der Waals surface area contributed by atoms with Gasteiger partial charge in [-0.3, -0.25) is 9.59 Å². The topological polar surface area (TPSA) is 85.2 Å². The number of nitrogens with one attached hydrogen (secondary N) is 2. The maximum atomic E-state index is 13.0. The van der Waals surface area contributed by atoms with Crippen LogP contribution in [0.5, 0.6) is 0 Å². The zero-order valence-electron chi connectivity index (χ0n) is 15.7. The van der Waals surface area contributed by atoms with E-state index in [4.69, 9.17) is 4.74 Å². The number of nitrogens with zero attached hydrogens (tertiary/aromatic N) is 2. The fourth-order valence-corrected chi connectivity index (χ4v) is 3.38. The summed E-state index contributed by atoms with van der Waals surface area (Å²) >= 11 is 0. The molecule has 2 aromatic carbocycles. The summed E-state index contributed by atoms with van der Waals surface area (Å²) < 4.78 is 19.8. The molecule has 0 bridgehead atoms. The van der Waals surface area contributed by atoms with Gasteiger partial charge in [0.15, 0.2) is 0 Å². The summed E-state index contributed by atoms with van der Waals surface area (Å²) in [4.78, 5) is 25.0. The predicted octanol–water partition coefficient (Wildman–Crippen LogP) is 3.36. The largest absolute Gasteiger partial charge is 0.378 e. The average Bonchev–Trinajstić information content (AvgIpc) is 3.20. The fourth-order valence-electron chi connectivity index (χ4n) is 3.38. The van der Waals surface area contributed by atoms with Crippen molar-refractivity contribution in [3.8, 4) is 11.1 Å². The van der Waals surface area contributed by atoms with E-state index in [1.54, 1.807) is 11.8 Å². The van der Waals surface area contributed by atoms with Crippen LogP contribution in [0.2, 0.25) is 0 Å². The van der Waals surface area contributed by atoms with E-state index in [2.05, 4.69) is 15.7 Å². The molecule has 1 aliphatic rings. The zero-order valence-corrected chi connectivity index (χ0v) is 15.7. The number of hydrogen-bond donors (Lipinski definition) is 2. The number of ether oxygens (including phenoxy) is 1. The highest BCUT2D eigenvalue weighted by Crippen LogP contribution is 2.38. The number of hydrogen-bond acceptors (Lipinski definition) is 4. The Labute approximate surface area is 166 Å². The summed E-state index contributed by atoms with van der Waals surface area (Å²) in [5.41, 5.74) is 2.82. The van der Waals surface area contributed by atoms with Gasteiger partial charge in [0.1, 0.15) is 17.7 Å². The molecule has 2 amide bonds. The minimum absolute atomic E-state index is 0.0987. The van der Waals surface area contributed by atoms with Crippen LogP contribution in [0.3, 0.4) is 0 Å². The molecule has 2 N–H and O–H groups in total. The number of halogens is 1. The van der Waals surface area contributed by atoms with E-state index >= 15 is 0 Å². The summed E-state index contributed by atoms with van der Waals surface area (Å²) in [6.45, 7) is 0.272. The number of anilines is 2. The summed E-state index contributed by atoms with van der Waals surface area (Å²) in [7, 11) is 1.57. The molecule has 1 atom stereocenters. The molecule has 1 unspecified atom stereocenters. The van der Waals surface area contributed by atoms with E-state index < -0.39 is 11.9 Å². The molecular weight excluding hydrogens is 375 g/mol. The lowest BCUT2D eigenvalue weighted by Crippen LogP contribution is -2.24. The van der Waals surface area contributed by atoms with Crippen molar-refractivity contribution < 1.29 is 18.7 Å². The summed E-state index contributed by atoms with van der Waals surface area (Å²) in [6.07, 6.45) is -0.0987. The molecule has 0 saturated heterocycles. The minimum Gasteiger partial charge on any atom is -0.378 e. The Morgan fingerprint density at radius 2 is 1.93 bits per heavy atom. The smallest absolute Gasteiger partial charge is 0.251 e. The molecule has 0 saturated carbocycles. The van der Waals surface area contributed by atoms with Crippen molar-refractivity contribution in [3.05, 3.63) is 66.1 Å². The van der Waals surface area contributed by atoms with Crippen LogP contribution in [0.1, 0.15) is 18.2 Å². The number of carbonyl (C=O) groups excluding carboxylic acids is 2.